The van der Waals surface area contributed by atoms with Gasteiger partial charge in [0.1, 0.15) is 5.65 Å². The Morgan fingerprint density at radius 2 is 2.17 bits per heavy atom. The highest BCUT2D eigenvalue weighted by atomic mass is 16.4. The summed E-state index contributed by atoms with van der Waals surface area (Å²) in [6, 6.07) is 10.1. The van der Waals surface area contributed by atoms with Crippen molar-refractivity contribution >= 4 is 22.5 Å². The molecule has 1 aromatic carbocycles. The van der Waals surface area contributed by atoms with Crippen LogP contribution in [-0.4, -0.2) is 20.5 Å². The van der Waals surface area contributed by atoms with Crippen molar-refractivity contribution in [2.24, 2.45) is 0 Å². The van der Waals surface area contributed by atoms with Gasteiger partial charge in [-0.2, -0.15) is 0 Å². The summed E-state index contributed by atoms with van der Waals surface area (Å²) in [4.78, 5) is 15.0. The summed E-state index contributed by atoms with van der Waals surface area (Å²) >= 11 is 0. The van der Waals surface area contributed by atoms with Gasteiger partial charge in [-0.3, -0.25) is 9.20 Å². The number of hydrogen-bond donors (Lipinski definition) is 1. The van der Waals surface area contributed by atoms with E-state index in [1.807, 2.05) is 35.6 Å². The summed E-state index contributed by atoms with van der Waals surface area (Å²) in [5, 5.41) is 9.92. The zero-order valence-electron chi connectivity index (χ0n) is 9.92. The van der Waals surface area contributed by atoms with E-state index in [1.165, 1.54) is 5.56 Å². The van der Waals surface area contributed by atoms with Crippen LogP contribution >= 0.6 is 0 Å². The molecular weight excluding hydrogens is 228 g/mol. The van der Waals surface area contributed by atoms with Gasteiger partial charge in [0.05, 0.1) is 17.6 Å². The number of carboxylic acids is 1. The van der Waals surface area contributed by atoms with Crippen LogP contribution in [0.2, 0.25) is 0 Å². The first-order valence-electron chi connectivity index (χ1n) is 5.72. The number of hydrogen-bond acceptors (Lipinski definition) is 2. The summed E-state index contributed by atoms with van der Waals surface area (Å²) in [5.74, 6) is -0.862. The third-order valence-corrected chi connectivity index (χ3v) is 2.97. The average molecular weight is 240 g/mol. The smallest absolute Gasteiger partial charge is 0.309 e. The lowest BCUT2D eigenvalue weighted by molar-refractivity contribution is -0.136. The lowest BCUT2D eigenvalue weighted by Gasteiger charge is -2.02. The Kier molecular flexibility index (Phi) is 2.30. The lowest BCUT2D eigenvalue weighted by atomic mass is 10.1. The number of benzene rings is 1. The van der Waals surface area contributed by atoms with Crippen LogP contribution in [0.25, 0.3) is 16.6 Å². The number of carbonyl (C=O) groups is 1. The minimum Gasteiger partial charge on any atom is -0.481 e. The van der Waals surface area contributed by atoms with Gasteiger partial charge >= 0.3 is 5.97 Å². The quantitative estimate of drug-likeness (QED) is 0.748. The van der Waals surface area contributed by atoms with Crippen LogP contribution in [0.5, 0.6) is 0 Å². The number of fused-ring (bicyclic) bond motifs is 3. The van der Waals surface area contributed by atoms with E-state index >= 15 is 0 Å². The third kappa shape index (κ3) is 1.72. The molecule has 4 heteroatoms. The van der Waals surface area contributed by atoms with Gasteiger partial charge in [-0.15, -0.1) is 0 Å². The van der Waals surface area contributed by atoms with Crippen LogP contribution in [0.3, 0.4) is 0 Å². The van der Waals surface area contributed by atoms with Crippen molar-refractivity contribution in [2.75, 3.05) is 0 Å². The summed E-state index contributed by atoms with van der Waals surface area (Å²) in [6.45, 7) is 2.05. The van der Waals surface area contributed by atoms with Crippen molar-refractivity contribution in [2.45, 2.75) is 13.3 Å². The Morgan fingerprint density at radius 1 is 1.33 bits per heavy atom. The Morgan fingerprint density at radius 3 is 2.94 bits per heavy atom. The van der Waals surface area contributed by atoms with Crippen LogP contribution in [0.1, 0.15) is 11.3 Å². The predicted octanol–water partition coefficient (Wildman–Crippen LogP) is 2.42. The Bertz CT molecular complexity index is 759. The number of imidazole rings is 1. The van der Waals surface area contributed by atoms with Crippen molar-refractivity contribution < 1.29 is 9.90 Å². The van der Waals surface area contributed by atoms with Gasteiger partial charge in [0.15, 0.2) is 0 Å². The van der Waals surface area contributed by atoms with Crippen molar-refractivity contribution in [1.82, 2.24) is 9.38 Å². The molecule has 3 rings (SSSR count). The highest BCUT2D eigenvalue weighted by molar-refractivity contribution is 5.83. The monoisotopic (exact) mass is 240 g/mol. The summed E-state index contributed by atoms with van der Waals surface area (Å²) < 4.78 is 1.94. The molecule has 0 radical (unpaired) electrons. The van der Waals surface area contributed by atoms with Crippen LogP contribution in [-0.2, 0) is 11.2 Å². The van der Waals surface area contributed by atoms with E-state index in [1.54, 1.807) is 6.20 Å². The van der Waals surface area contributed by atoms with Crippen LogP contribution in [0, 0.1) is 6.92 Å². The van der Waals surface area contributed by atoms with Gasteiger partial charge < -0.3 is 5.11 Å². The minimum atomic E-state index is -0.862. The first-order valence-corrected chi connectivity index (χ1v) is 5.72. The van der Waals surface area contributed by atoms with Gasteiger partial charge in [0.2, 0.25) is 0 Å². The molecule has 0 saturated heterocycles. The molecular formula is C14H12N2O2. The number of pyridine rings is 1. The molecule has 0 bridgehead atoms. The zero-order valence-corrected chi connectivity index (χ0v) is 9.92. The van der Waals surface area contributed by atoms with Gasteiger partial charge in [0, 0.05) is 6.20 Å². The van der Waals surface area contributed by atoms with Gasteiger partial charge in [-0.1, -0.05) is 11.6 Å². The summed E-state index contributed by atoms with van der Waals surface area (Å²) in [6.07, 6.45) is 1.75. The topological polar surface area (TPSA) is 54.6 Å². The minimum absolute atomic E-state index is 0.0466. The fourth-order valence-corrected chi connectivity index (χ4v) is 2.19. The van der Waals surface area contributed by atoms with Gasteiger partial charge in [-0.05, 0) is 36.6 Å². The molecule has 90 valence electrons. The average Bonchev–Trinajstić information content (AvgIpc) is 2.70. The fourth-order valence-electron chi connectivity index (χ4n) is 2.19. The number of aryl methyl sites for hydroxylation is 1. The fraction of sp³-hybridized carbons (Fsp3) is 0.143. The summed E-state index contributed by atoms with van der Waals surface area (Å²) in [5.41, 5.74) is 3.60. The van der Waals surface area contributed by atoms with Crippen molar-refractivity contribution in [3.05, 3.63) is 47.8 Å². The molecule has 0 aliphatic rings. The maximum atomic E-state index is 10.7. The van der Waals surface area contributed by atoms with E-state index in [0.29, 0.717) is 5.69 Å². The molecule has 0 unspecified atom stereocenters. The highest BCUT2D eigenvalue weighted by Crippen LogP contribution is 2.19. The Hall–Kier alpha value is -2.36. The molecule has 0 spiro atoms. The van der Waals surface area contributed by atoms with Crippen molar-refractivity contribution in [3.63, 3.8) is 0 Å². The van der Waals surface area contributed by atoms with Crippen molar-refractivity contribution in [3.8, 4) is 0 Å². The Labute approximate surface area is 104 Å². The highest BCUT2D eigenvalue weighted by Gasteiger charge is 2.07. The molecule has 0 aliphatic carbocycles. The standard InChI is InChI=1S/C14H12N2O2/c1-9-2-4-12-10(6-9)3-5-13-15-11(7-14(17)18)8-16(12)13/h2-6,8H,7H2,1H3,(H,17,18). The van der Waals surface area contributed by atoms with Gasteiger partial charge in [-0.25, -0.2) is 4.98 Å². The second-order valence-electron chi connectivity index (χ2n) is 4.43. The van der Waals surface area contributed by atoms with Crippen LogP contribution < -0.4 is 0 Å². The van der Waals surface area contributed by atoms with Gasteiger partial charge in [0.25, 0.3) is 0 Å². The first kappa shape index (κ1) is 10.8. The molecule has 1 N–H and O–H groups in total. The van der Waals surface area contributed by atoms with Crippen LogP contribution in [0.15, 0.2) is 36.5 Å². The molecule has 0 fully saturated rings. The molecule has 2 heterocycles. The van der Waals surface area contributed by atoms with E-state index in [2.05, 4.69) is 11.1 Å². The number of aromatic nitrogens is 2. The Balaban J connectivity index is 2.26. The number of rotatable bonds is 2. The molecule has 3 aromatic rings. The lowest BCUT2D eigenvalue weighted by Crippen LogP contribution is -1.99. The molecule has 0 aliphatic heterocycles. The molecule has 0 atom stereocenters. The van der Waals surface area contributed by atoms with E-state index in [4.69, 9.17) is 5.11 Å². The number of aliphatic carboxylic acids is 1. The van der Waals surface area contributed by atoms with Crippen molar-refractivity contribution in [1.29, 1.82) is 0 Å². The second kappa shape index (κ2) is 3.84. The second-order valence-corrected chi connectivity index (χ2v) is 4.43. The molecule has 2 aromatic heterocycles. The maximum absolute atomic E-state index is 10.7. The molecule has 0 saturated carbocycles. The SMILES string of the molecule is Cc1ccc2c(ccc3nc(CC(=O)O)cn32)c1. The molecule has 18 heavy (non-hydrogen) atoms. The van der Waals surface area contributed by atoms with E-state index in [9.17, 15) is 4.79 Å². The van der Waals surface area contributed by atoms with E-state index in [-0.39, 0.29) is 6.42 Å². The predicted molar refractivity (Wildman–Crippen MR) is 68.8 cm³/mol. The third-order valence-electron chi connectivity index (χ3n) is 2.97. The summed E-state index contributed by atoms with van der Waals surface area (Å²) in [7, 11) is 0. The normalized spacial score (nSPS) is 11.2. The largest absolute Gasteiger partial charge is 0.481 e. The zero-order chi connectivity index (χ0) is 12.7. The van der Waals surface area contributed by atoms with Crippen LogP contribution in [0.4, 0.5) is 0 Å². The number of carboxylic acid groups (broad SMARTS) is 1. The van der Waals surface area contributed by atoms with E-state index < -0.39 is 5.97 Å². The molecule has 0 amide bonds. The first-order chi connectivity index (χ1) is 8.63. The maximum Gasteiger partial charge on any atom is 0.309 e. The van der Waals surface area contributed by atoms with E-state index in [0.717, 1.165) is 16.6 Å². The molecule has 4 nitrogen and oxygen atoms in total. The number of nitrogens with zero attached hydrogens (tertiary/aromatic N) is 2.